The van der Waals surface area contributed by atoms with Crippen molar-refractivity contribution in [1.82, 2.24) is 5.32 Å². The molecule has 2 rings (SSSR count). The van der Waals surface area contributed by atoms with Gasteiger partial charge in [-0.25, -0.2) is 8.78 Å². The van der Waals surface area contributed by atoms with Gasteiger partial charge in [0.1, 0.15) is 0 Å². The van der Waals surface area contributed by atoms with Crippen LogP contribution in [-0.2, 0) is 10.8 Å². The third kappa shape index (κ3) is 4.33. The smallest absolute Gasteiger partial charge is 0.159 e. The summed E-state index contributed by atoms with van der Waals surface area (Å²) in [7, 11) is -0.750. The molecule has 118 valence electrons. The van der Waals surface area contributed by atoms with E-state index in [0.29, 0.717) is 11.8 Å². The largest absolute Gasteiger partial charge is 0.307 e. The summed E-state index contributed by atoms with van der Waals surface area (Å²) in [6, 6.07) is 4.28. The molecule has 5 heteroatoms. The number of hydrogen-bond donors (Lipinski definition) is 1. The number of benzene rings is 1. The first-order valence-electron chi connectivity index (χ1n) is 7.59. The van der Waals surface area contributed by atoms with Crippen molar-refractivity contribution in [3.8, 4) is 0 Å². The van der Waals surface area contributed by atoms with E-state index in [-0.39, 0.29) is 11.3 Å². The summed E-state index contributed by atoms with van der Waals surface area (Å²) < 4.78 is 38.2. The summed E-state index contributed by atoms with van der Waals surface area (Å²) in [6.45, 7) is 3.91. The third-order valence-corrected chi connectivity index (χ3v) is 5.95. The van der Waals surface area contributed by atoms with Gasteiger partial charge in [0.2, 0.25) is 0 Å². The fourth-order valence-corrected chi connectivity index (χ4v) is 4.35. The maximum absolute atomic E-state index is 13.3. The van der Waals surface area contributed by atoms with Crippen molar-refractivity contribution in [3.05, 3.63) is 35.4 Å². The van der Waals surface area contributed by atoms with Crippen LogP contribution < -0.4 is 5.32 Å². The average Bonchev–Trinajstić information content (AvgIpc) is 2.49. The molecule has 0 bridgehead atoms. The van der Waals surface area contributed by atoms with Crippen LogP contribution in [0, 0.1) is 11.6 Å². The number of hydrogen-bond acceptors (Lipinski definition) is 2. The quantitative estimate of drug-likeness (QED) is 0.898. The van der Waals surface area contributed by atoms with Gasteiger partial charge in [0.15, 0.2) is 11.6 Å². The molecule has 1 aliphatic carbocycles. The average molecular weight is 315 g/mol. The first-order valence-corrected chi connectivity index (χ1v) is 8.97. The second-order valence-corrected chi connectivity index (χ2v) is 7.72. The minimum atomic E-state index is -0.818. The Balaban J connectivity index is 1.96. The van der Waals surface area contributed by atoms with Gasteiger partial charge in [-0.05, 0) is 43.9 Å². The van der Waals surface area contributed by atoms with E-state index in [4.69, 9.17) is 0 Å². The van der Waals surface area contributed by atoms with Crippen molar-refractivity contribution >= 4 is 10.8 Å². The zero-order chi connectivity index (χ0) is 15.4. The topological polar surface area (TPSA) is 29.1 Å². The molecule has 1 aromatic carbocycles. The molecule has 1 aliphatic rings. The Morgan fingerprint density at radius 2 is 2.10 bits per heavy atom. The summed E-state index contributed by atoms with van der Waals surface area (Å²) in [5, 5.41) is 3.73. The second-order valence-electron chi connectivity index (χ2n) is 5.72. The van der Waals surface area contributed by atoms with Gasteiger partial charge in [0, 0.05) is 33.9 Å². The molecule has 0 saturated heterocycles. The van der Waals surface area contributed by atoms with Crippen molar-refractivity contribution in [2.75, 3.05) is 5.75 Å². The van der Waals surface area contributed by atoms with Gasteiger partial charge in [-0.1, -0.05) is 19.4 Å². The summed E-state index contributed by atoms with van der Waals surface area (Å²) >= 11 is 0. The Labute approximate surface area is 127 Å². The molecule has 0 radical (unpaired) electrons. The molecule has 21 heavy (non-hydrogen) atoms. The number of rotatable bonds is 5. The zero-order valence-electron chi connectivity index (χ0n) is 12.6. The van der Waals surface area contributed by atoms with Crippen molar-refractivity contribution in [2.24, 2.45) is 0 Å². The Morgan fingerprint density at radius 1 is 1.33 bits per heavy atom. The van der Waals surface area contributed by atoms with Crippen molar-refractivity contribution < 1.29 is 13.0 Å². The van der Waals surface area contributed by atoms with Crippen LogP contribution in [0.1, 0.15) is 51.1 Å². The minimum Gasteiger partial charge on any atom is -0.307 e. The van der Waals surface area contributed by atoms with E-state index in [0.717, 1.165) is 31.2 Å². The van der Waals surface area contributed by atoms with Gasteiger partial charge in [-0.3, -0.25) is 4.21 Å². The standard InChI is InChI=1S/C16H23F2NOS/c1-3-21(20)14-6-4-5-13(10-14)19-11(2)12-7-8-15(17)16(18)9-12/h7-9,11,13-14,19H,3-6,10H2,1-2H3/t11-,13+,14+,21-/m0/s1. The molecule has 1 N–H and O–H groups in total. The Morgan fingerprint density at radius 3 is 2.76 bits per heavy atom. The molecule has 0 amide bonds. The number of halogens is 2. The lowest BCUT2D eigenvalue weighted by Gasteiger charge is -2.31. The number of nitrogens with one attached hydrogen (secondary N) is 1. The molecule has 1 saturated carbocycles. The molecule has 0 heterocycles. The van der Waals surface area contributed by atoms with Crippen molar-refractivity contribution in [3.63, 3.8) is 0 Å². The fourth-order valence-electron chi connectivity index (χ4n) is 3.00. The van der Waals surface area contributed by atoms with Crippen LogP contribution in [0.15, 0.2) is 18.2 Å². The van der Waals surface area contributed by atoms with E-state index in [1.807, 2.05) is 13.8 Å². The first kappa shape index (κ1) is 16.6. The lowest BCUT2D eigenvalue weighted by atomic mass is 9.93. The van der Waals surface area contributed by atoms with Gasteiger partial charge in [-0.15, -0.1) is 0 Å². The van der Waals surface area contributed by atoms with Gasteiger partial charge >= 0.3 is 0 Å². The van der Waals surface area contributed by atoms with Gasteiger partial charge in [-0.2, -0.15) is 0 Å². The Bertz CT molecular complexity index is 509. The zero-order valence-corrected chi connectivity index (χ0v) is 13.4. The molecule has 0 aromatic heterocycles. The van der Waals surface area contributed by atoms with Crippen LogP contribution in [0.2, 0.25) is 0 Å². The van der Waals surface area contributed by atoms with Crippen LogP contribution in [0.25, 0.3) is 0 Å². The molecular weight excluding hydrogens is 292 g/mol. The third-order valence-electron chi connectivity index (χ3n) is 4.21. The lowest BCUT2D eigenvalue weighted by Crippen LogP contribution is -2.39. The van der Waals surface area contributed by atoms with Gasteiger partial charge in [0.25, 0.3) is 0 Å². The molecule has 2 nitrogen and oxygen atoms in total. The monoisotopic (exact) mass is 315 g/mol. The molecule has 1 fully saturated rings. The highest BCUT2D eigenvalue weighted by Crippen LogP contribution is 2.25. The highest BCUT2D eigenvalue weighted by atomic mass is 32.2. The molecule has 0 aliphatic heterocycles. The van der Waals surface area contributed by atoms with Crippen LogP contribution >= 0.6 is 0 Å². The highest BCUT2D eigenvalue weighted by molar-refractivity contribution is 7.85. The predicted octanol–water partition coefficient (Wildman–Crippen LogP) is 3.70. The van der Waals surface area contributed by atoms with Crippen LogP contribution in [0.4, 0.5) is 8.78 Å². The second kappa shape index (κ2) is 7.45. The van der Waals surface area contributed by atoms with Crippen molar-refractivity contribution in [1.29, 1.82) is 0 Å². The molecular formula is C16H23F2NOS. The van der Waals surface area contributed by atoms with Crippen LogP contribution in [0.3, 0.4) is 0 Å². The molecule has 0 spiro atoms. The maximum Gasteiger partial charge on any atom is 0.159 e. The summed E-state index contributed by atoms with van der Waals surface area (Å²) in [5.74, 6) is -0.924. The molecule has 1 aromatic rings. The maximum atomic E-state index is 13.3. The molecule has 0 unspecified atom stereocenters. The fraction of sp³-hybridized carbons (Fsp3) is 0.625. The van der Waals surface area contributed by atoms with Crippen molar-refractivity contribution in [2.45, 2.75) is 56.9 Å². The molecule has 4 atom stereocenters. The normalized spacial score (nSPS) is 25.5. The van der Waals surface area contributed by atoms with Crippen LogP contribution in [0.5, 0.6) is 0 Å². The van der Waals surface area contributed by atoms with E-state index in [1.54, 1.807) is 6.07 Å². The summed E-state index contributed by atoms with van der Waals surface area (Å²) in [6.07, 6.45) is 4.04. The van der Waals surface area contributed by atoms with Gasteiger partial charge in [0.05, 0.1) is 0 Å². The predicted molar refractivity (Wildman–Crippen MR) is 82.6 cm³/mol. The van der Waals surface area contributed by atoms with E-state index in [2.05, 4.69) is 5.32 Å². The minimum absolute atomic E-state index is 0.0427. The Kier molecular flexibility index (Phi) is 5.88. The van der Waals surface area contributed by atoms with E-state index in [9.17, 15) is 13.0 Å². The lowest BCUT2D eigenvalue weighted by molar-refractivity contribution is 0.349. The first-order chi connectivity index (χ1) is 10.0. The SMILES string of the molecule is CC[S@](=O)[C@@H]1CCC[C@@H](N[C@@H](C)c2ccc(F)c(F)c2)C1. The van der Waals surface area contributed by atoms with Gasteiger partial charge < -0.3 is 5.32 Å². The van der Waals surface area contributed by atoms with E-state index < -0.39 is 22.4 Å². The highest BCUT2D eigenvalue weighted by Gasteiger charge is 2.26. The van der Waals surface area contributed by atoms with E-state index >= 15 is 0 Å². The van der Waals surface area contributed by atoms with Crippen LogP contribution in [-0.4, -0.2) is 21.3 Å². The summed E-state index contributed by atoms with van der Waals surface area (Å²) in [4.78, 5) is 0. The Hall–Kier alpha value is -0.810. The van der Waals surface area contributed by atoms with E-state index in [1.165, 1.54) is 12.1 Å². The summed E-state index contributed by atoms with van der Waals surface area (Å²) in [5.41, 5.74) is 0.743.